The van der Waals surface area contributed by atoms with Gasteiger partial charge in [-0.3, -0.25) is 4.79 Å². The molecule has 0 saturated carbocycles. The third kappa shape index (κ3) is 3.60. The Hall–Kier alpha value is -1.35. The smallest absolute Gasteiger partial charge is 0.227 e. The van der Waals surface area contributed by atoms with Crippen molar-refractivity contribution in [1.82, 2.24) is 4.90 Å². The van der Waals surface area contributed by atoms with Gasteiger partial charge in [-0.15, -0.1) is 0 Å². The molecule has 1 amide bonds. The third-order valence-corrected chi connectivity index (χ3v) is 4.27. The van der Waals surface area contributed by atoms with E-state index < -0.39 is 0 Å². The van der Waals surface area contributed by atoms with Gasteiger partial charge < -0.3 is 10.6 Å². The van der Waals surface area contributed by atoms with Gasteiger partial charge in [-0.1, -0.05) is 31.2 Å². The Morgan fingerprint density at radius 2 is 1.85 bits per heavy atom. The van der Waals surface area contributed by atoms with Crippen LogP contribution in [0.3, 0.4) is 0 Å². The van der Waals surface area contributed by atoms with E-state index >= 15 is 0 Å². The van der Waals surface area contributed by atoms with E-state index in [1.54, 1.807) is 0 Å². The molecule has 1 aromatic rings. The molecule has 20 heavy (non-hydrogen) atoms. The van der Waals surface area contributed by atoms with E-state index in [9.17, 15) is 4.79 Å². The van der Waals surface area contributed by atoms with Crippen molar-refractivity contribution in [3.8, 4) is 0 Å². The minimum Gasteiger partial charge on any atom is -0.342 e. The van der Waals surface area contributed by atoms with E-state index in [-0.39, 0.29) is 11.8 Å². The van der Waals surface area contributed by atoms with Gasteiger partial charge in [0, 0.05) is 19.6 Å². The number of likely N-dealkylation sites (tertiary alicyclic amines) is 1. The molecule has 0 radical (unpaired) electrons. The van der Waals surface area contributed by atoms with E-state index in [4.69, 9.17) is 5.73 Å². The predicted molar refractivity (Wildman–Crippen MR) is 82.5 cm³/mol. The molecule has 3 nitrogen and oxygen atoms in total. The second kappa shape index (κ2) is 7.44. The fourth-order valence-electron chi connectivity index (χ4n) is 3.01. The van der Waals surface area contributed by atoms with Crippen molar-refractivity contribution < 1.29 is 4.79 Å². The lowest BCUT2D eigenvalue weighted by Crippen LogP contribution is -2.42. The Bertz CT molecular complexity index is 438. The summed E-state index contributed by atoms with van der Waals surface area (Å²) in [4.78, 5) is 14.6. The number of carbonyl (C=O) groups excluding carboxylic acids is 1. The standard InChI is InChI=1S/C17H26N2O/c1-2-14-8-4-5-9-15(14)12-16(13-18)17(20)19-10-6-3-7-11-19/h4-5,8-9,16H,2-3,6-7,10-13,18H2,1H3. The summed E-state index contributed by atoms with van der Waals surface area (Å²) in [7, 11) is 0. The van der Waals surface area contributed by atoms with Gasteiger partial charge in [0.1, 0.15) is 0 Å². The number of carbonyl (C=O) groups is 1. The lowest BCUT2D eigenvalue weighted by molar-refractivity contribution is -0.136. The molecule has 2 N–H and O–H groups in total. The number of hydrogen-bond acceptors (Lipinski definition) is 2. The summed E-state index contributed by atoms with van der Waals surface area (Å²) >= 11 is 0. The van der Waals surface area contributed by atoms with Crippen molar-refractivity contribution in [2.75, 3.05) is 19.6 Å². The third-order valence-electron chi connectivity index (χ3n) is 4.27. The Morgan fingerprint density at radius 3 is 2.45 bits per heavy atom. The highest BCUT2D eigenvalue weighted by molar-refractivity contribution is 5.79. The quantitative estimate of drug-likeness (QED) is 0.896. The molecule has 1 fully saturated rings. The fraction of sp³-hybridized carbons (Fsp3) is 0.588. The second-order valence-electron chi connectivity index (χ2n) is 5.64. The molecule has 0 spiro atoms. The fourth-order valence-corrected chi connectivity index (χ4v) is 3.01. The molecule has 1 atom stereocenters. The van der Waals surface area contributed by atoms with Crippen LogP contribution in [0.5, 0.6) is 0 Å². The van der Waals surface area contributed by atoms with Crippen molar-refractivity contribution in [2.45, 2.75) is 39.0 Å². The van der Waals surface area contributed by atoms with Gasteiger partial charge in [-0.2, -0.15) is 0 Å². The summed E-state index contributed by atoms with van der Waals surface area (Å²) in [6.07, 6.45) is 5.29. The van der Waals surface area contributed by atoms with E-state index in [1.807, 2.05) is 11.0 Å². The van der Waals surface area contributed by atoms with Crippen LogP contribution < -0.4 is 5.73 Å². The van der Waals surface area contributed by atoms with E-state index in [1.165, 1.54) is 17.5 Å². The molecule has 1 heterocycles. The second-order valence-corrected chi connectivity index (χ2v) is 5.64. The SMILES string of the molecule is CCc1ccccc1CC(CN)C(=O)N1CCCCC1. The summed E-state index contributed by atoms with van der Waals surface area (Å²) in [6.45, 7) is 4.41. The zero-order valence-corrected chi connectivity index (χ0v) is 12.5. The maximum absolute atomic E-state index is 12.6. The number of hydrogen-bond donors (Lipinski definition) is 1. The highest BCUT2D eigenvalue weighted by Crippen LogP contribution is 2.18. The summed E-state index contributed by atoms with van der Waals surface area (Å²) in [6, 6.07) is 8.39. The van der Waals surface area contributed by atoms with Gasteiger partial charge in [0.05, 0.1) is 5.92 Å². The molecule has 0 aliphatic carbocycles. The summed E-state index contributed by atoms with van der Waals surface area (Å²) in [5, 5.41) is 0. The Kier molecular flexibility index (Phi) is 5.60. The van der Waals surface area contributed by atoms with E-state index in [2.05, 4.69) is 25.1 Å². The highest BCUT2D eigenvalue weighted by atomic mass is 16.2. The summed E-state index contributed by atoms with van der Waals surface area (Å²) in [5.74, 6) is 0.180. The molecule has 2 rings (SSSR count). The lowest BCUT2D eigenvalue weighted by atomic mass is 9.93. The molecule has 1 aliphatic rings. The number of rotatable bonds is 5. The lowest BCUT2D eigenvalue weighted by Gasteiger charge is -2.30. The average molecular weight is 274 g/mol. The molecular weight excluding hydrogens is 248 g/mol. The van der Waals surface area contributed by atoms with Crippen LogP contribution in [0.25, 0.3) is 0 Å². The highest BCUT2D eigenvalue weighted by Gasteiger charge is 2.25. The van der Waals surface area contributed by atoms with Crippen LogP contribution in [0, 0.1) is 5.92 Å². The van der Waals surface area contributed by atoms with Crippen molar-refractivity contribution in [3.63, 3.8) is 0 Å². The molecule has 0 bridgehead atoms. The van der Waals surface area contributed by atoms with Crippen LogP contribution in [0.2, 0.25) is 0 Å². The Balaban J connectivity index is 2.06. The van der Waals surface area contributed by atoms with E-state index in [0.717, 1.165) is 38.8 Å². The molecule has 3 heteroatoms. The van der Waals surface area contributed by atoms with Gasteiger partial charge in [-0.25, -0.2) is 0 Å². The average Bonchev–Trinajstić information content (AvgIpc) is 2.53. The number of piperidine rings is 1. The molecule has 0 aromatic heterocycles. The maximum atomic E-state index is 12.6. The first-order valence-corrected chi connectivity index (χ1v) is 7.82. The first kappa shape index (κ1) is 15.0. The largest absolute Gasteiger partial charge is 0.342 e. The number of aryl methyl sites for hydroxylation is 1. The molecule has 110 valence electrons. The number of nitrogens with zero attached hydrogens (tertiary/aromatic N) is 1. The first-order chi connectivity index (χ1) is 9.76. The van der Waals surface area contributed by atoms with Crippen molar-refractivity contribution in [3.05, 3.63) is 35.4 Å². The van der Waals surface area contributed by atoms with Gasteiger partial charge in [0.25, 0.3) is 0 Å². The van der Waals surface area contributed by atoms with Crippen LogP contribution in [0.4, 0.5) is 0 Å². The zero-order chi connectivity index (χ0) is 14.4. The molecule has 1 aliphatic heterocycles. The number of benzene rings is 1. The minimum absolute atomic E-state index is 0.0687. The number of amides is 1. The van der Waals surface area contributed by atoms with Crippen LogP contribution >= 0.6 is 0 Å². The monoisotopic (exact) mass is 274 g/mol. The summed E-state index contributed by atoms with van der Waals surface area (Å²) in [5.41, 5.74) is 8.48. The molecule has 1 aromatic carbocycles. The van der Waals surface area contributed by atoms with Crippen LogP contribution in [0.15, 0.2) is 24.3 Å². The Morgan fingerprint density at radius 1 is 1.20 bits per heavy atom. The van der Waals surface area contributed by atoms with Crippen molar-refractivity contribution in [2.24, 2.45) is 11.7 Å². The van der Waals surface area contributed by atoms with Gasteiger partial charge in [0.2, 0.25) is 5.91 Å². The van der Waals surface area contributed by atoms with E-state index in [0.29, 0.717) is 6.54 Å². The van der Waals surface area contributed by atoms with Crippen LogP contribution in [0.1, 0.15) is 37.3 Å². The Labute approximate surface area is 122 Å². The van der Waals surface area contributed by atoms with Crippen molar-refractivity contribution in [1.29, 1.82) is 0 Å². The maximum Gasteiger partial charge on any atom is 0.227 e. The topological polar surface area (TPSA) is 46.3 Å². The van der Waals surface area contributed by atoms with Gasteiger partial charge in [0.15, 0.2) is 0 Å². The normalized spacial score (nSPS) is 17.0. The predicted octanol–water partition coefficient (Wildman–Crippen LogP) is 2.38. The summed E-state index contributed by atoms with van der Waals surface area (Å²) < 4.78 is 0. The first-order valence-electron chi connectivity index (χ1n) is 7.82. The van der Waals surface area contributed by atoms with Crippen LogP contribution in [-0.4, -0.2) is 30.4 Å². The minimum atomic E-state index is -0.0687. The van der Waals surface area contributed by atoms with Crippen molar-refractivity contribution >= 4 is 5.91 Å². The zero-order valence-electron chi connectivity index (χ0n) is 12.5. The molecule has 1 saturated heterocycles. The number of nitrogens with two attached hydrogens (primary N) is 1. The molecule has 1 unspecified atom stereocenters. The van der Waals surface area contributed by atoms with Gasteiger partial charge in [-0.05, 0) is 43.2 Å². The van der Waals surface area contributed by atoms with Crippen LogP contribution in [-0.2, 0) is 17.6 Å². The molecular formula is C17H26N2O. The van der Waals surface area contributed by atoms with Gasteiger partial charge >= 0.3 is 0 Å².